The highest BCUT2D eigenvalue weighted by Gasteiger charge is 2.27. The number of fused-ring (bicyclic) bond motifs is 1. The van der Waals surface area contributed by atoms with E-state index in [-0.39, 0.29) is 11.5 Å². The summed E-state index contributed by atoms with van der Waals surface area (Å²) >= 11 is 0. The van der Waals surface area contributed by atoms with Crippen molar-refractivity contribution in [2.75, 3.05) is 6.54 Å². The van der Waals surface area contributed by atoms with Crippen LogP contribution in [-0.4, -0.2) is 26.9 Å². The van der Waals surface area contributed by atoms with Gasteiger partial charge in [0.15, 0.2) is 5.89 Å². The molecule has 0 spiro atoms. The fraction of sp³-hybridized carbons (Fsp3) is 0.318. The maximum Gasteiger partial charge on any atom is 0.291 e. The van der Waals surface area contributed by atoms with Crippen LogP contribution in [0.1, 0.15) is 45.8 Å². The van der Waals surface area contributed by atoms with Crippen molar-refractivity contribution in [2.45, 2.75) is 39.8 Å². The molecule has 6 heteroatoms. The Balaban J connectivity index is 1.59. The Hall–Kier alpha value is -3.15. The molecule has 28 heavy (non-hydrogen) atoms. The number of amides is 1. The number of aromatic nitrogens is 2. The zero-order chi connectivity index (χ0) is 19.7. The number of hydrogen-bond acceptors (Lipinski definition) is 4. The van der Waals surface area contributed by atoms with Crippen LogP contribution in [0.3, 0.4) is 0 Å². The predicted molar refractivity (Wildman–Crippen MR) is 105 cm³/mol. The van der Waals surface area contributed by atoms with Gasteiger partial charge in [-0.2, -0.15) is 0 Å². The van der Waals surface area contributed by atoms with Crippen molar-refractivity contribution in [3.8, 4) is 0 Å². The fourth-order valence-electron chi connectivity index (χ4n) is 3.60. The van der Waals surface area contributed by atoms with Crippen LogP contribution in [0.25, 0.3) is 0 Å². The average Bonchev–Trinajstić information content (AvgIpc) is 3.09. The van der Waals surface area contributed by atoms with Gasteiger partial charge in [0.25, 0.3) is 11.5 Å². The van der Waals surface area contributed by atoms with E-state index in [0.717, 1.165) is 16.7 Å². The maximum atomic E-state index is 12.9. The largest absolute Gasteiger partial charge is 0.435 e. The molecule has 1 amide bonds. The molecule has 0 unspecified atom stereocenters. The maximum absolute atomic E-state index is 12.9. The average molecular weight is 377 g/mol. The third-order valence-corrected chi connectivity index (χ3v) is 5.14. The summed E-state index contributed by atoms with van der Waals surface area (Å²) in [6.45, 7) is 5.29. The molecular weight excluding hydrogens is 354 g/mol. The van der Waals surface area contributed by atoms with Gasteiger partial charge in [-0.15, -0.1) is 0 Å². The van der Waals surface area contributed by atoms with Crippen LogP contribution in [0.15, 0.2) is 51.8 Å². The number of rotatable bonds is 4. The predicted octanol–water partition coefficient (Wildman–Crippen LogP) is 2.95. The first-order valence-electron chi connectivity index (χ1n) is 9.57. The van der Waals surface area contributed by atoms with E-state index >= 15 is 0 Å². The highest BCUT2D eigenvalue weighted by atomic mass is 16.4. The number of carbonyl (C=O) groups is 1. The zero-order valence-electron chi connectivity index (χ0n) is 16.1. The van der Waals surface area contributed by atoms with Gasteiger partial charge >= 0.3 is 0 Å². The summed E-state index contributed by atoms with van der Waals surface area (Å²) in [6, 6.07) is 11.6. The summed E-state index contributed by atoms with van der Waals surface area (Å²) in [5, 5.41) is 0. The van der Waals surface area contributed by atoms with E-state index in [4.69, 9.17) is 4.42 Å². The van der Waals surface area contributed by atoms with E-state index in [1.165, 1.54) is 0 Å². The van der Waals surface area contributed by atoms with Crippen molar-refractivity contribution in [3.63, 3.8) is 0 Å². The molecule has 1 aromatic carbocycles. The van der Waals surface area contributed by atoms with E-state index in [2.05, 4.69) is 4.98 Å². The first-order chi connectivity index (χ1) is 13.5. The molecule has 0 N–H and O–H groups in total. The van der Waals surface area contributed by atoms with Gasteiger partial charge in [0.05, 0.1) is 12.2 Å². The smallest absolute Gasteiger partial charge is 0.291 e. The second-order valence-electron chi connectivity index (χ2n) is 7.13. The molecule has 1 aliphatic heterocycles. The quantitative estimate of drug-likeness (QED) is 0.701. The molecule has 4 rings (SSSR count). The van der Waals surface area contributed by atoms with E-state index in [0.29, 0.717) is 49.8 Å². The van der Waals surface area contributed by atoms with Gasteiger partial charge in [0.1, 0.15) is 0 Å². The number of pyridine rings is 1. The van der Waals surface area contributed by atoms with Crippen LogP contribution in [0.5, 0.6) is 0 Å². The lowest BCUT2D eigenvalue weighted by Crippen LogP contribution is -2.37. The first-order valence-corrected chi connectivity index (χ1v) is 9.57. The number of carbonyl (C=O) groups excluding carboxylic acids is 1. The summed E-state index contributed by atoms with van der Waals surface area (Å²) in [7, 11) is 0. The van der Waals surface area contributed by atoms with E-state index in [9.17, 15) is 9.59 Å². The third-order valence-electron chi connectivity index (χ3n) is 5.14. The van der Waals surface area contributed by atoms with Crippen molar-refractivity contribution in [1.82, 2.24) is 14.5 Å². The lowest BCUT2D eigenvalue weighted by atomic mass is 10.0. The number of oxazole rings is 1. The standard InChI is InChI=1S/C22H23N3O3/c1-3-19-23-15(2)21(28-19)22(27)24-10-9-17-11-20(26)25(14-18(17)13-24)12-16-7-5-4-6-8-16/h4-8,11,14H,3,9-10,12-13H2,1-2H3. The molecule has 3 heterocycles. The van der Waals surface area contributed by atoms with Gasteiger partial charge in [-0.1, -0.05) is 37.3 Å². The van der Waals surface area contributed by atoms with Crippen LogP contribution in [-0.2, 0) is 25.9 Å². The van der Waals surface area contributed by atoms with Gasteiger partial charge in [-0.25, -0.2) is 4.98 Å². The van der Waals surface area contributed by atoms with Crippen molar-refractivity contribution in [3.05, 3.63) is 87.0 Å². The normalized spacial score (nSPS) is 13.4. The van der Waals surface area contributed by atoms with Gasteiger partial charge < -0.3 is 13.9 Å². The summed E-state index contributed by atoms with van der Waals surface area (Å²) in [6.07, 6.45) is 3.20. The molecule has 0 bridgehead atoms. The lowest BCUT2D eigenvalue weighted by molar-refractivity contribution is 0.0699. The van der Waals surface area contributed by atoms with Crippen LogP contribution >= 0.6 is 0 Å². The minimum absolute atomic E-state index is 0.0129. The summed E-state index contributed by atoms with van der Waals surface area (Å²) < 4.78 is 7.34. The van der Waals surface area contributed by atoms with Crippen molar-refractivity contribution >= 4 is 5.91 Å². The van der Waals surface area contributed by atoms with E-state index in [1.54, 1.807) is 22.5 Å². The van der Waals surface area contributed by atoms with Crippen LogP contribution in [0.2, 0.25) is 0 Å². The Morgan fingerprint density at radius 1 is 1.21 bits per heavy atom. The Kier molecular flexibility index (Phi) is 4.86. The summed E-state index contributed by atoms with van der Waals surface area (Å²) in [5.74, 6) is 0.754. The highest BCUT2D eigenvalue weighted by Crippen LogP contribution is 2.21. The SMILES string of the molecule is CCc1nc(C)c(C(=O)N2CCc3cc(=O)n(Cc4ccccc4)cc3C2)o1. The monoisotopic (exact) mass is 377 g/mol. The van der Waals surface area contributed by atoms with Crippen molar-refractivity contribution in [2.24, 2.45) is 0 Å². The third kappa shape index (κ3) is 3.50. The minimum Gasteiger partial charge on any atom is -0.435 e. The number of hydrogen-bond donors (Lipinski definition) is 0. The summed E-state index contributed by atoms with van der Waals surface area (Å²) in [4.78, 5) is 31.5. The molecule has 0 aliphatic carbocycles. The Labute approximate surface area is 163 Å². The molecule has 0 fully saturated rings. The molecule has 6 nitrogen and oxygen atoms in total. The van der Waals surface area contributed by atoms with Gasteiger partial charge in [-0.3, -0.25) is 9.59 Å². The highest BCUT2D eigenvalue weighted by molar-refractivity contribution is 5.92. The molecule has 0 saturated heterocycles. The second kappa shape index (κ2) is 7.46. The number of nitrogens with zero attached hydrogens (tertiary/aromatic N) is 3. The van der Waals surface area contributed by atoms with E-state index in [1.807, 2.05) is 43.5 Å². The molecule has 3 aromatic rings. The van der Waals surface area contributed by atoms with Gasteiger partial charge in [0.2, 0.25) is 5.76 Å². The molecular formula is C22H23N3O3. The van der Waals surface area contributed by atoms with Crippen LogP contribution < -0.4 is 5.56 Å². The Bertz CT molecular complexity index is 1070. The first kappa shape index (κ1) is 18.2. The minimum atomic E-state index is -0.142. The second-order valence-corrected chi connectivity index (χ2v) is 7.13. The van der Waals surface area contributed by atoms with Crippen molar-refractivity contribution in [1.29, 1.82) is 0 Å². The van der Waals surface area contributed by atoms with Gasteiger partial charge in [-0.05, 0) is 30.0 Å². The summed E-state index contributed by atoms with van der Waals surface area (Å²) in [5.41, 5.74) is 3.70. The molecule has 2 aromatic heterocycles. The molecule has 144 valence electrons. The van der Waals surface area contributed by atoms with Crippen LogP contribution in [0, 0.1) is 6.92 Å². The molecule has 0 saturated carbocycles. The molecule has 1 aliphatic rings. The lowest BCUT2D eigenvalue weighted by Gasteiger charge is -2.28. The fourth-order valence-corrected chi connectivity index (χ4v) is 3.60. The zero-order valence-corrected chi connectivity index (χ0v) is 16.1. The van der Waals surface area contributed by atoms with Crippen molar-refractivity contribution < 1.29 is 9.21 Å². The van der Waals surface area contributed by atoms with Gasteiger partial charge in [0, 0.05) is 31.8 Å². The van der Waals surface area contributed by atoms with Crippen LogP contribution in [0.4, 0.5) is 0 Å². The Morgan fingerprint density at radius 3 is 2.71 bits per heavy atom. The molecule has 0 atom stereocenters. The number of benzene rings is 1. The Morgan fingerprint density at radius 2 is 2.00 bits per heavy atom. The molecule has 0 radical (unpaired) electrons. The van der Waals surface area contributed by atoms with E-state index < -0.39 is 0 Å². The topological polar surface area (TPSA) is 68.3 Å². The number of aryl methyl sites for hydroxylation is 2.